The number of benzene rings is 1. The summed E-state index contributed by atoms with van der Waals surface area (Å²) in [7, 11) is 4.06. The summed E-state index contributed by atoms with van der Waals surface area (Å²) < 4.78 is 2.08. The SMILES string of the molecule is C/C=C\C.Cc1csc(-c2cnc3c(Nc4cccc(N(C)C)c4)nccn23)c1. The minimum absolute atomic E-state index is 0.748. The Bertz CT molecular complexity index is 1100. The molecular weight excluding hydrogens is 378 g/mol. The summed E-state index contributed by atoms with van der Waals surface area (Å²) in [4.78, 5) is 12.4. The molecule has 0 atom stereocenters. The number of thiophene rings is 1. The Kier molecular flexibility index (Phi) is 6.67. The van der Waals surface area contributed by atoms with Gasteiger partial charge in [0.1, 0.15) is 0 Å². The number of imidazole rings is 1. The normalized spacial score (nSPS) is 10.8. The van der Waals surface area contributed by atoms with Crippen molar-refractivity contribution in [2.24, 2.45) is 0 Å². The number of hydrogen-bond donors (Lipinski definition) is 1. The van der Waals surface area contributed by atoms with Gasteiger partial charge in [0.25, 0.3) is 0 Å². The zero-order valence-corrected chi connectivity index (χ0v) is 18.4. The van der Waals surface area contributed by atoms with Gasteiger partial charge in [-0.25, -0.2) is 9.97 Å². The van der Waals surface area contributed by atoms with Crippen LogP contribution < -0.4 is 10.2 Å². The molecule has 0 spiro atoms. The fraction of sp³-hybridized carbons (Fsp3) is 0.217. The summed E-state index contributed by atoms with van der Waals surface area (Å²) in [5, 5.41) is 5.55. The summed E-state index contributed by atoms with van der Waals surface area (Å²) >= 11 is 1.73. The third kappa shape index (κ3) is 4.84. The summed E-state index contributed by atoms with van der Waals surface area (Å²) in [6.45, 7) is 6.11. The lowest BCUT2D eigenvalue weighted by Gasteiger charge is -2.14. The molecule has 0 aliphatic rings. The van der Waals surface area contributed by atoms with Gasteiger partial charge in [-0.2, -0.15) is 0 Å². The van der Waals surface area contributed by atoms with Crippen LogP contribution >= 0.6 is 11.3 Å². The van der Waals surface area contributed by atoms with E-state index in [0.29, 0.717) is 0 Å². The minimum atomic E-state index is 0.748. The van der Waals surface area contributed by atoms with Gasteiger partial charge in [-0.15, -0.1) is 11.3 Å². The van der Waals surface area contributed by atoms with Crippen LogP contribution in [0.1, 0.15) is 19.4 Å². The molecule has 0 unspecified atom stereocenters. The Balaban J connectivity index is 0.000000552. The quantitative estimate of drug-likeness (QED) is 0.413. The van der Waals surface area contributed by atoms with Gasteiger partial charge in [0.05, 0.1) is 16.8 Å². The Morgan fingerprint density at radius 2 is 1.90 bits per heavy atom. The lowest BCUT2D eigenvalue weighted by Crippen LogP contribution is -2.08. The number of anilines is 3. The molecule has 0 saturated carbocycles. The number of aryl methyl sites for hydroxylation is 1. The molecule has 4 aromatic rings. The lowest BCUT2D eigenvalue weighted by atomic mass is 10.2. The van der Waals surface area contributed by atoms with Crippen molar-refractivity contribution in [3.63, 3.8) is 0 Å². The highest BCUT2D eigenvalue weighted by Crippen LogP contribution is 2.30. The average molecular weight is 406 g/mol. The first-order valence-corrected chi connectivity index (χ1v) is 10.4. The number of hydrogen-bond acceptors (Lipinski definition) is 5. The molecule has 1 aromatic carbocycles. The number of aromatic nitrogens is 3. The zero-order valence-electron chi connectivity index (χ0n) is 17.5. The number of nitrogens with one attached hydrogen (secondary N) is 1. The van der Waals surface area contributed by atoms with Gasteiger partial charge in [0.15, 0.2) is 11.5 Å². The monoisotopic (exact) mass is 405 g/mol. The van der Waals surface area contributed by atoms with Gasteiger partial charge in [-0.3, -0.25) is 4.40 Å². The van der Waals surface area contributed by atoms with Crippen molar-refractivity contribution < 1.29 is 0 Å². The summed E-state index contributed by atoms with van der Waals surface area (Å²) in [5.41, 5.74) is 5.29. The third-order valence-electron chi connectivity index (χ3n) is 4.37. The van der Waals surface area contributed by atoms with Gasteiger partial charge < -0.3 is 10.2 Å². The summed E-state index contributed by atoms with van der Waals surface area (Å²) in [6, 6.07) is 10.4. The van der Waals surface area contributed by atoms with Crippen LogP contribution in [0, 0.1) is 6.92 Å². The van der Waals surface area contributed by atoms with Gasteiger partial charge in [0, 0.05) is 37.9 Å². The highest BCUT2D eigenvalue weighted by atomic mass is 32.1. The first-order chi connectivity index (χ1) is 14.0. The molecule has 0 saturated heterocycles. The fourth-order valence-electron chi connectivity index (χ4n) is 2.75. The predicted molar refractivity (Wildman–Crippen MR) is 126 cm³/mol. The molecule has 4 rings (SSSR count). The van der Waals surface area contributed by atoms with Crippen molar-refractivity contribution in [3.05, 3.63) is 72.0 Å². The Labute approximate surface area is 176 Å². The smallest absolute Gasteiger partial charge is 0.180 e. The van der Waals surface area contributed by atoms with E-state index >= 15 is 0 Å². The molecule has 0 aliphatic heterocycles. The second-order valence-electron chi connectivity index (χ2n) is 6.84. The molecule has 6 heteroatoms. The maximum atomic E-state index is 4.59. The second-order valence-corrected chi connectivity index (χ2v) is 7.75. The molecule has 0 amide bonds. The van der Waals surface area contributed by atoms with Crippen molar-refractivity contribution in [1.29, 1.82) is 0 Å². The highest BCUT2D eigenvalue weighted by molar-refractivity contribution is 7.13. The molecule has 29 heavy (non-hydrogen) atoms. The third-order valence-corrected chi connectivity index (χ3v) is 5.44. The van der Waals surface area contributed by atoms with E-state index in [1.54, 1.807) is 17.5 Å². The fourth-order valence-corrected chi connectivity index (χ4v) is 3.66. The van der Waals surface area contributed by atoms with Crippen LogP contribution in [-0.2, 0) is 0 Å². The van der Waals surface area contributed by atoms with Gasteiger partial charge >= 0.3 is 0 Å². The first kappa shape index (κ1) is 20.6. The van der Waals surface area contributed by atoms with Crippen molar-refractivity contribution in [2.75, 3.05) is 24.3 Å². The summed E-state index contributed by atoms with van der Waals surface area (Å²) in [6.07, 6.45) is 9.66. The molecule has 1 N–H and O–H groups in total. The maximum absolute atomic E-state index is 4.59. The molecule has 150 valence electrons. The molecule has 5 nitrogen and oxygen atoms in total. The average Bonchev–Trinajstić information content (AvgIpc) is 3.35. The van der Waals surface area contributed by atoms with E-state index in [0.717, 1.165) is 28.5 Å². The standard InChI is InChI=1S/C19H19N5S.C4H8/c1-13-9-17(25-12-13)16-11-21-19-18(20-7-8-24(16)19)22-14-5-4-6-15(10-14)23(2)3;1-3-4-2/h4-12H,1-3H3,(H,20,22);3-4H,1-2H3/b;4-3-. The van der Waals surface area contributed by atoms with Gasteiger partial charge in [-0.1, -0.05) is 18.2 Å². The van der Waals surface area contributed by atoms with Gasteiger partial charge in [0.2, 0.25) is 0 Å². The number of fused-ring (bicyclic) bond motifs is 1. The Hall–Kier alpha value is -3.12. The molecule has 0 radical (unpaired) electrons. The number of allylic oxidation sites excluding steroid dienone is 2. The maximum Gasteiger partial charge on any atom is 0.180 e. The van der Waals surface area contributed by atoms with Crippen LogP contribution in [0.5, 0.6) is 0 Å². The number of nitrogens with zero attached hydrogens (tertiary/aromatic N) is 4. The Morgan fingerprint density at radius 3 is 2.55 bits per heavy atom. The predicted octanol–water partition coefficient (Wildman–Crippen LogP) is 6.16. The van der Waals surface area contributed by atoms with Gasteiger partial charge in [-0.05, 0) is 56.0 Å². The van der Waals surface area contributed by atoms with E-state index < -0.39 is 0 Å². The lowest BCUT2D eigenvalue weighted by molar-refractivity contribution is 1.12. The van der Waals surface area contributed by atoms with Crippen LogP contribution in [0.4, 0.5) is 17.2 Å². The topological polar surface area (TPSA) is 45.5 Å². The van der Waals surface area contributed by atoms with Crippen LogP contribution in [0.25, 0.3) is 16.2 Å². The molecule has 0 bridgehead atoms. The van der Waals surface area contributed by atoms with Crippen LogP contribution in [-0.4, -0.2) is 28.5 Å². The molecule has 3 aromatic heterocycles. The van der Waals surface area contributed by atoms with Crippen molar-refractivity contribution >= 4 is 34.2 Å². The highest BCUT2D eigenvalue weighted by Gasteiger charge is 2.12. The molecule has 0 fully saturated rings. The second kappa shape index (κ2) is 9.39. The first-order valence-electron chi connectivity index (χ1n) is 9.52. The largest absolute Gasteiger partial charge is 0.378 e. The number of rotatable bonds is 4. The van der Waals surface area contributed by atoms with Crippen LogP contribution in [0.15, 0.2) is 66.5 Å². The van der Waals surface area contributed by atoms with Crippen molar-refractivity contribution in [3.8, 4) is 10.6 Å². The summed E-state index contributed by atoms with van der Waals surface area (Å²) in [5.74, 6) is 0.748. The molecular formula is C23H27N5S. The molecule has 3 heterocycles. The van der Waals surface area contributed by atoms with Crippen LogP contribution in [0.3, 0.4) is 0 Å². The van der Waals surface area contributed by atoms with E-state index in [1.807, 2.05) is 64.6 Å². The molecule has 0 aliphatic carbocycles. The Morgan fingerprint density at radius 1 is 1.10 bits per heavy atom. The zero-order chi connectivity index (χ0) is 20.8. The van der Waals surface area contributed by atoms with E-state index in [9.17, 15) is 0 Å². The van der Waals surface area contributed by atoms with Crippen molar-refractivity contribution in [2.45, 2.75) is 20.8 Å². The van der Waals surface area contributed by atoms with E-state index in [1.165, 1.54) is 10.4 Å². The van der Waals surface area contributed by atoms with E-state index in [-0.39, 0.29) is 0 Å². The van der Waals surface area contributed by atoms with Crippen LogP contribution in [0.2, 0.25) is 0 Å². The van der Waals surface area contributed by atoms with E-state index in [4.69, 9.17) is 0 Å². The van der Waals surface area contributed by atoms with Crippen molar-refractivity contribution in [1.82, 2.24) is 14.4 Å². The van der Waals surface area contributed by atoms with E-state index in [2.05, 4.69) is 55.1 Å². The minimum Gasteiger partial charge on any atom is -0.378 e.